The Balaban J connectivity index is 1.70. The standard InChI is InChI=1S/C14H20O6S/c1-10(14(16)20-12-8-21(17,18)9-12)7-13(15)19-11-5-3-2-4-6-11/h11-12H,1-9H2. The lowest BCUT2D eigenvalue weighted by molar-refractivity contribution is -0.152. The van der Waals surface area contributed by atoms with Crippen LogP contribution in [0.2, 0.25) is 0 Å². The van der Waals surface area contributed by atoms with Gasteiger partial charge in [-0.2, -0.15) is 0 Å². The normalized spacial score (nSPS) is 22.1. The summed E-state index contributed by atoms with van der Waals surface area (Å²) in [5, 5.41) is 0. The molecule has 1 aliphatic carbocycles. The maximum atomic E-state index is 11.7. The van der Waals surface area contributed by atoms with Crippen LogP contribution in [0, 0.1) is 0 Å². The molecule has 1 saturated heterocycles. The van der Waals surface area contributed by atoms with E-state index < -0.39 is 27.9 Å². The predicted octanol–water partition coefficient (Wildman–Crippen LogP) is 1.15. The first kappa shape index (κ1) is 16.0. The average Bonchev–Trinajstić information content (AvgIpc) is 2.37. The molecule has 0 amide bonds. The monoisotopic (exact) mass is 316 g/mol. The zero-order valence-electron chi connectivity index (χ0n) is 11.9. The van der Waals surface area contributed by atoms with Gasteiger partial charge in [0.05, 0.1) is 17.9 Å². The van der Waals surface area contributed by atoms with Crippen molar-refractivity contribution in [2.24, 2.45) is 0 Å². The second-order valence-corrected chi connectivity index (χ2v) is 7.79. The lowest BCUT2D eigenvalue weighted by atomic mass is 9.98. The fraction of sp³-hybridized carbons (Fsp3) is 0.714. The van der Waals surface area contributed by atoms with E-state index in [1.807, 2.05) is 0 Å². The van der Waals surface area contributed by atoms with Gasteiger partial charge < -0.3 is 9.47 Å². The fourth-order valence-electron chi connectivity index (χ4n) is 2.48. The molecular weight excluding hydrogens is 296 g/mol. The van der Waals surface area contributed by atoms with E-state index in [1.165, 1.54) is 0 Å². The first-order chi connectivity index (χ1) is 9.85. The van der Waals surface area contributed by atoms with Crippen LogP contribution in [0.15, 0.2) is 12.2 Å². The molecule has 0 aromatic carbocycles. The molecular formula is C14H20O6S. The number of carbonyl (C=O) groups is 2. The summed E-state index contributed by atoms with van der Waals surface area (Å²) in [6, 6.07) is 0. The van der Waals surface area contributed by atoms with Crippen LogP contribution in [0.1, 0.15) is 38.5 Å². The Bertz CT molecular complexity index is 518. The Morgan fingerprint density at radius 1 is 1.00 bits per heavy atom. The molecule has 1 heterocycles. The third-order valence-electron chi connectivity index (χ3n) is 3.65. The number of carbonyl (C=O) groups excluding carboxylic acids is 2. The summed E-state index contributed by atoms with van der Waals surface area (Å²) >= 11 is 0. The lowest BCUT2D eigenvalue weighted by Crippen LogP contribution is -2.44. The average molecular weight is 316 g/mol. The smallest absolute Gasteiger partial charge is 0.334 e. The van der Waals surface area contributed by atoms with Gasteiger partial charge in [0.15, 0.2) is 9.84 Å². The van der Waals surface area contributed by atoms with Crippen LogP contribution in [0.5, 0.6) is 0 Å². The molecule has 0 aromatic heterocycles. The summed E-state index contributed by atoms with van der Waals surface area (Å²) < 4.78 is 32.2. The predicted molar refractivity (Wildman–Crippen MR) is 75.3 cm³/mol. The molecule has 7 heteroatoms. The van der Waals surface area contributed by atoms with E-state index in [4.69, 9.17) is 9.47 Å². The van der Waals surface area contributed by atoms with Crippen LogP contribution in [0.3, 0.4) is 0 Å². The van der Waals surface area contributed by atoms with Crippen LogP contribution in [-0.2, 0) is 28.9 Å². The molecule has 0 aromatic rings. The van der Waals surface area contributed by atoms with Crippen molar-refractivity contribution in [2.75, 3.05) is 11.5 Å². The van der Waals surface area contributed by atoms with Gasteiger partial charge in [-0.3, -0.25) is 4.79 Å². The first-order valence-corrected chi connectivity index (χ1v) is 8.96. The van der Waals surface area contributed by atoms with Crippen molar-refractivity contribution in [2.45, 2.75) is 50.7 Å². The van der Waals surface area contributed by atoms with Crippen LogP contribution >= 0.6 is 0 Å². The van der Waals surface area contributed by atoms with E-state index in [2.05, 4.69) is 6.58 Å². The van der Waals surface area contributed by atoms with Gasteiger partial charge in [-0.1, -0.05) is 13.0 Å². The van der Waals surface area contributed by atoms with Crippen molar-refractivity contribution >= 4 is 21.8 Å². The molecule has 6 nitrogen and oxygen atoms in total. The Morgan fingerprint density at radius 3 is 2.19 bits per heavy atom. The second-order valence-electron chi connectivity index (χ2n) is 5.63. The highest BCUT2D eigenvalue weighted by Gasteiger charge is 2.36. The van der Waals surface area contributed by atoms with Crippen molar-refractivity contribution < 1.29 is 27.5 Å². The van der Waals surface area contributed by atoms with Crippen LogP contribution in [-0.4, -0.2) is 44.1 Å². The van der Waals surface area contributed by atoms with Gasteiger partial charge in [0.1, 0.15) is 12.2 Å². The fourth-order valence-corrected chi connectivity index (χ4v) is 3.65. The third-order valence-corrected chi connectivity index (χ3v) is 5.41. The summed E-state index contributed by atoms with van der Waals surface area (Å²) in [6.45, 7) is 3.51. The van der Waals surface area contributed by atoms with Crippen molar-refractivity contribution in [1.82, 2.24) is 0 Å². The molecule has 0 bridgehead atoms. The van der Waals surface area contributed by atoms with Crippen LogP contribution in [0.25, 0.3) is 0 Å². The van der Waals surface area contributed by atoms with E-state index >= 15 is 0 Å². The van der Waals surface area contributed by atoms with Gasteiger partial charge in [-0.15, -0.1) is 0 Å². The first-order valence-electron chi connectivity index (χ1n) is 7.14. The summed E-state index contributed by atoms with van der Waals surface area (Å²) in [4.78, 5) is 23.4. The number of ether oxygens (including phenoxy) is 2. The number of rotatable bonds is 5. The molecule has 0 N–H and O–H groups in total. The van der Waals surface area contributed by atoms with Gasteiger partial charge in [-0.25, -0.2) is 13.2 Å². The maximum absolute atomic E-state index is 11.7. The highest BCUT2D eigenvalue weighted by Crippen LogP contribution is 2.21. The Hall–Kier alpha value is -1.37. The molecule has 0 radical (unpaired) electrons. The van der Waals surface area contributed by atoms with Gasteiger partial charge in [0.25, 0.3) is 0 Å². The molecule has 2 rings (SSSR count). The number of hydrogen-bond donors (Lipinski definition) is 0. The highest BCUT2D eigenvalue weighted by atomic mass is 32.2. The lowest BCUT2D eigenvalue weighted by Gasteiger charge is -2.25. The Morgan fingerprint density at radius 2 is 1.62 bits per heavy atom. The van der Waals surface area contributed by atoms with Crippen LogP contribution < -0.4 is 0 Å². The van der Waals surface area contributed by atoms with Crippen molar-refractivity contribution in [3.8, 4) is 0 Å². The van der Waals surface area contributed by atoms with E-state index in [-0.39, 0.29) is 29.6 Å². The minimum atomic E-state index is -3.04. The number of sulfone groups is 1. The van der Waals surface area contributed by atoms with Gasteiger partial charge in [-0.05, 0) is 25.7 Å². The Kier molecular flexibility index (Phi) is 5.03. The van der Waals surface area contributed by atoms with Gasteiger partial charge >= 0.3 is 11.9 Å². The molecule has 0 spiro atoms. The molecule has 1 saturated carbocycles. The maximum Gasteiger partial charge on any atom is 0.334 e. The molecule has 118 valence electrons. The van der Waals surface area contributed by atoms with E-state index in [9.17, 15) is 18.0 Å². The van der Waals surface area contributed by atoms with Gasteiger partial charge in [0, 0.05) is 5.57 Å². The minimum absolute atomic E-state index is 0.0000994. The summed E-state index contributed by atoms with van der Waals surface area (Å²) in [7, 11) is -3.04. The zero-order valence-corrected chi connectivity index (χ0v) is 12.7. The summed E-state index contributed by atoms with van der Waals surface area (Å²) in [6.07, 6.45) is 4.10. The number of esters is 2. The SMILES string of the molecule is C=C(CC(=O)OC1CCCCC1)C(=O)OC1CS(=O)(=O)C1. The molecule has 0 unspecified atom stereocenters. The molecule has 1 aliphatic heterocycles. The molecule has 2 aliphatic rings. The highest BCUT2D eigenvalue weighted by molar-refractivity contribution is 7.92. The second kappa shape index (κ2) is 6.60. The third kappa shape index (κ3) is 4.84. The molecule has 21 heavy (non-hydrogen) atoms. The molecule has 0 atom stereocenters. The van der Waals surface area contributed by atoms with Crippen molar-refractivity contribution in [3.63, 3.8) is 0 Å². The quantitative estimate of drug-likeness (QED) is 0.558. The van der Waals surface area contributed by atoms with Crippen LogP contribution in [0.4, 0.5) is 0 Å². The zero-order chi connectivity index (χ0) is 15.5. The number of hydrogen-bond acceptors (Lipinski definition) is 6. The topological polar surface area (TPSA) is 86.7 Å². The molecule has 2 fully saturated rings. The largest absolute Gasteiger partial charge is 0.462 e. The van der Waals surface area contributed by atoms with Gasteiger partial charge in [0.2, 0.25) is 0 Å². The Labute approximate surface area is 124 Å². The minimum Gasteiger partial charge on any atom is -0.462 e. The summed E-state index contributed by atoms with van der Waals surface area (Å²) in [5.41, 5.74) is 0.0000994. The van der Waals surface area contributed by atoms with Crippen molar-refractivity contribution in [1.29, 1.82) is 0 Å². The summed E-state index contributed by atoms with van der Waals surface area (Å²) in [5.74, 6) is -1.52. The van der Waals surface area contributed by atoms with Crippen molar-refractivity contribution in [3.05, 3.63) is 12.2 Å². The van der Waals surface area contributed by atoms with E-state index in [1.54, 1.807) is 0 Å². The van der Waals surface area contributed by atoms with E-state index in [0.29, 0.717) is 0 Å². The van der Waals surface area contributed by atoms with E-state index in [0.717, 1.165) is 32.1 Å².